The Balaban J connectivity index is 1.71. The number of aryl methyl sites for hydroxylation is 2. The number of hydrogen-bond acceptors (Lipinski definition) is 4. The first-order valence-electron chi connectivity index (χ1n) is 10.1. The van der Waals surface area contributed by atoms with E-state index in [4.69, 9.17) is 5.11 Å². The Bertz CT molecular complexity index is 833. The smallest absolute Gasteiger partial charge is 0.303 e. The molecule has 1 atom stereocenters. The molecule has 1 unspecified atom stereocenters. The number of hydrogen-bond donors (Lipinski definition) is 2. The molecule has 7 nitrogen and oxygen atoms in total. The molecule has 0 aliphatic carbocycles. The van der Waals surface area contributed by atoms with Crippen LogP contribution >= 0.6 is 0 Å². The standard InChI is InChI=1S/C21H31N3O4S/c1-18-7-10-20(11-8-18)29(27,28)23-13-3-2-5-19(9-12-21(25)26)6-4-15-24-16-14-22-17-24/h7-8,10-11,14,16-17,19,23H,2-6,9,12-13,15H2,1H3,(H,25,26). The molecule has 0 bridgehead atoms. The molecule has 2 rings (SSSR count). The maximum absolute atomic E-state index is 12.3. The van der Waals surface area contributed by atoms with Gasteiger partial charge in [-0.2, -0.15) is 0 Å². The van der Waals surface area contributed by atoms with Gasteiger partial charge in [-0.05, 0) is 50.7 Å². The van der Waals surface area contributed by atoms with E-state index in [1.54, 1.807) is 36.8 Å². The van der Waals surface area contributed by atoms with Gasteiger partial charge < -0.3 is 9.67 Å². The number of carboxylic acid groups (broad SMARTS) is 1. The summed E-state index contributed by atoms with van der Waals surface area (Å²) < 4.78 is 29.2. The van der Waals surface area contributed by atoms with Gasteiger partial charge in [0, 0.05) is 31.9 Å². The number of carbonyl (C=O) groups is 1. The van der Waals surface area contributed by atoms with Gasteiger partial charge >= 0.3 is 5.97 Å². The summed E-state index contributed by atoms with van der Waals surface area (Å²) in [5.41, 5.74) is 1.02. The van der Waals surface area contributed by atoms with E-state index < -0.39 is 16.0 Å². The molecule has 0 radical (unpaired) electrons. The van der Waals surface area contributed by atoms with Gasteiger partial charge in [-0.15, -0.1) is 0 Å². The lowest BCUT2D eigenvalue weighted by molar-refractivity contribution is -0.137. The molecule has 1 aromatic heterocycles. The Morgan fingerprint density at radius 1 is 1.14 bits per heavy atom. The largest absolute Gasteiger partial charge is 0.481 e. The van der Waals surface area contributed by atoms with Gasteiger partial charge in [-0.25, -0.2) is 18.1 Å². The van der Waals surface area contributed by atoms with Crippen molar-refractivity contribution in [3.8, 4) is 0 Å². The number of carboxylic acids is 1. The zero-order valence-electron chi connectivity index (χ0n) is 17.0. The number of nitrogens with one attached hydrogen (secondary N) is 1. The lowest BCUT2D eigenvalue weighted by Gasteiger charge is -2.16. The SMILES string of the molecule is Cc1ccc(S(=O)(=O)NCCCCC(CCCn2ccnc2)CCC(=O)O)cc1. The minimum atomic E-state index is -3.47. The number of sulfonamides is 1. The van der Waals surface area contributed by atoms with Crippen LogP contribution in [0, 0.1) is 12.8 Å². The third-order valence-electron chi connectivity index (χ3n) is 5.02. The van der Waals surface area contributed by atoms with Crippen molar-refractivity contribution in [1.82, 2.24) is 14.3 Å². The number of rotatable bonds is 14. The highest BCUT2D eigenvalue weighted by Gasteiger charge is 2.14. The first kappa shape index (κ1) is 23.1. The number of aliphatic carboxylic acids is 1. The quantitative estimate of drug-likeness (QED) is 0.454. The number of nitrogens with zero attached hydrogens (tertiary/aromatic N) is 2. The van der Waals surface area contributed by atoms with Crippen molar-refractivity contribution in [1.29, 1.82) is 0 Å². The zero-order valence-corrected chi connectivity index (χ0v) is 17.8. The van der Waals surface area contributed by atoms with Gasteiger partial charge in [0.05, 0.1) is 11.2 Å². The maximum atomic E-state index is 12.3. The number of imidazole rings is 1. The van der Waals surface area contributed by atoms with Crippen molar-refractivity contribution in [3.63, 3.8) is 0 Å². The van der Waals surface area contributed by atoms with Crippen LogP contribution in [0.25, 0.3) is 0 Å². The molecule has 0 aliphatic heterocycles. The van der Waals surface area contributed by atoms with Crippen LogP contribution in [0.4, 0.5) is 0 Å². The third-order valence-corrected chi connectivity index (χ3v) is 6.49. The summed E-state index contributed by atoms with van der Waals surface area (Å²) in [6.45, 7) is 3.18. The van der Waals surface area contributed by atoms with Crippen LogP contribution in [-0.4, -0.2) is 35.6 Å². The van der Waals surface area contributed by atoms with Crippen molar-refractivity contribution in [2.24, 2.45) is 5.92 Å². The first-order valence-corrected chi connectivity index (χ1v) is 11.6. The summed E-state index contributed by atoms with van der Waals surface area (Å²) in [6.07, 6.45) is 10.7. The minimum Gasteiger partial charge on any atom is -0.481 e. The van der Waals surface area contributed by atoms with E-state index in [0.29, 0.717) is 18.9 Å². The fourth-order valence-corrected chi connectivity index (χ4v) is 4.38. The van der Waals surface area contributed by atoms with E-state index in [1.807, 2.05) is 17.7 Å². The molecule has 2 aromatic rings. The van der Waals surface area contributed by atoms with Crippen LogP contribution in [-0.2, 0) is 21.4 Å². The monoisotopic (exact) mass is 421 g/mol. The van der Waals surface area contributed by atoms with E-state index >= 15 is 0 Å². The molecule has 0 fully saturated rings. The van der Waals surface area contributed by atoms with Gasteiger partial charge in [-0.1, -0.05) is 30.5 Å². The van der Waals surface area contributed by atoms with Crippen molar-refractivity contribution in [3.05, 3.63) is 48.5 Å². The second kappa shape index (κ2) is 11.7. The van der Waals surface area contributed by atoms with Crippen molar-refractivity contribution in [2.75, 3.05) is 6.54 Å². The maximum Gasteiger partial charge on any atom is 0.303 e. The van der Waals surface area contributed by atoms with Crippen LogP contribution in [0.15, 0.2) is 47.9 Å². The van der Waals surface area contributed by atoms with Crippen molar-refractivity contribution >= 4 is 16.0 Å². The van der Waals surface area contributed by atoms with E-state index in [9.17, 15) is 13.2 Å². The zero-order chi connectivity index (χ0) is 21.1. The molecule has 29 heavy (non-hydrogen) atoms. The number of benzene rings is 1. The van der Waals surface area contributed by atoms with Crippen LogP contribution in [0.2, 0.25) is 0 Å². The van der Waals surface area contributed by atoms with E-state index in [1.165, 1.54) is 0 Å². The summed E-state index contributed by atoms with van der Waals surface area (Å²) in [5, 5.41) is 8.97. The molecular weight excluding hydrogens is 390 g/mol. The molecule has 0 amide bonds. The van der Waals surface area contributed by atoms with E-state index in [-0.39, 0.29) is 11.3 Å². The minimum absolute atomic E-state index is 0.176. The number of aromatic nitrogens is 2. The summed E-state index contributed by atoms with van der Waals surface area (Å²) >= 11 is 0. The summed E-state index contributed by atoms with van der Waals surface area (Å²) in [5.74, 6) is -0.432. The lowest BCUT2D eigenvalue weighted by atomic mass is 9.92. The number of unbranched alkanes of at least 4 members (excludes halogenated alkanes) is 1. The molecule has 160 valence electrons. The second-order valence-electron chi connectivity index (χ2n) is 7.45. The Hall–Kier alpha value is -2.19. The van der Waals surface area contributed by atoms with Gasteiger partial charge in [0.25, 0.3) is 0 Å². The Morgan fingerprint density at radius 2 is 1.86 bits per heavy atom. The van der Waals surface area contributed by atoms with Crippen LogP contribution in [0.1, 0.15) is 50.5 Å². The van der Waals surface area contributed by atoms with Crippen molar-refractivity contribution < 1.29 is 18.3 Å². The lowest BCUT2D eigenvalue weighted by Crippen LogP contribution is -2.24. The average molecular weight is 422 g/mol. The predicted octanol–water partition coefficient (Wildman–Crippen LogP) is 3.60. The van der Waals surface area contributed by atoms with Crippen LogP contribution < -0.4 is 4.72 Å². The predicted molar refractivity (Wildman–Crippen MR) is 112 cm³/mol. The molecule has 1 aromatic carbocycles. The molecule has 1 heterocycles. The molecule has 0 saturated heterocycles. The van der Waals surface area contributed by atoms with Gasteiger partial charge in [0.2, 0.25) is 10.0 Å². The summed E-state index contributed by atoms with van der Waals surface area (Å²) in [7, 11) is -3.47. The highest BCUT2D eigenvalue weighted by atomic mass is 32.2. The Morgan fingerprint density at radius 3 is 2.52 bits per heavy atom. The van der Waals surface area contributed by atoms with E-state index in [0.717, 1.165) is 44.2 Å². The topological polar surface area (TPSA) is 101 Å². The molecule has 0 saturated carbocycles. The molecule has 8 heteroatoms. The Kier molecular flexibility index (Phi) is 9.34. The molecule has 2 N–H and O–H groups in total. The van der Waals surface area contributed by atoms with Crippen molar-refractivity contribution in [2.45, 2.75) is 63.3 Å². The fraction of sp³-hybridized carbons (Fsp3) is 0.524. The van der Waals surface area contributed by atoms with Gasteiger partial charge in [0.1, 0.15) is 0 Å². The third kappa shape index (κ3) is 8.79. The normalized spacial score (nSPS) is 12.7. The fourth-order valence-electron chi connectivity index (χ4n) is 3.31. The average Bonchev–Trinajstić information content (AvgIpc) is 3.19. The van der Waals surface area contributed by atoms with Crippen LogP contribution in [0.3, 0.4) is 0 Å². The van der Waals surface area contributed by atoms with Crippen LogP contribution in [0.5, 0.6) is 0 Å². The second-order valence-corrected chi connectivity index (χ2v) is 9.21. The van der Waals surface area contributed by atoms with Gasteiger partial charge in [0.15, 0.2) is 0 Å². The highest BCUT2D eigenvalue weighted by Crippen LogP contribution is 2.21. The molecule has 0 aliphatic rings. The summed E-state index contributed by atoms with van der Waals surface area (Å²) in [4.78, 5) is 15.2. The summed E-state index contributed by atoms with van der Waals surface area (Å²) in [6, 6.07) is 6.79. The highest BCUT2D eigenvalue weighted by molar-refractivity contribution is 7.89. The van der Waals surface area contributed by atoms with E-state index in [2.05, 4.69) is 9.71 Å². The molecular formula is C21H31N3O4S. The Labute approximate surface area is 173 Å². The first-order chi connectivity index (χ1) is 13.9. The van der Waals surface area contributed by atoms with Gasteiger partial charge in [-0.3, -0.25) is 4.79 Å². The molecule has 0 spiro atoms.